The molecule has 1 heterocycles. The van der Waals surface area contributed by atoms with Crippen LogP contribution in [0.2, 0.25) is 0 Å². The summed E-state index contributed by atoms with van der Waals surface area (Å²) in [6.07, 6.45) is 0.298. The molecule has 0 spiro atoms. The van der Waals surface area contributed by atoms with E-state index in [0.29, 0.717) is 44.7 Å². The second kappa shape index (κ2) is 7.59. The van der Waals surface area contributed by atoms with Crippen LogP contribution in [0.3, 0.4) is 0 Å². The molecule has 0 saturated carbocycles. The van der Waals surface area contributed by atoms with Crippen LogP contribution in [0.4, 0.5) is 0 Å². The van der Waals surface area contributed by atoms with Gasteiger partial charge in [-0.25, -0.2) is 0 Å². The molecule has 6 heteroatoms. The van der Waals surface area contributed by atoms with Gasteiger partial charge >= 0.3 is 0 Å². The molecule has 0 atom stereocenters. The van der Waals surface area contributed by atoms with Crippen LogP contribution < -0.4 is 5.32 Å². The van der Waals surface area contributed by atoms with Crippen LogP contribution in [0.25, 0.3) is 0 Å². The summed E-state index contributed by atoms with van der Waals surface area (Å²) in [5, 5.41) is 2.61. The smallest absolute Gasteiger partial charge is 0.253 e. The highest BCUT2D eigenvalue weighted by Gasteiger charge is 2.24. The van der Waals surface area contributed by atoms with Crippen LogP contribution in [-0.4, -0.2) is 60.2 Å². The molecule has 1 aliphatic heterocycles. The van der Waals surface area contributed by atoms with Crippen LogP contribution in [0.5, 0.6) is 0 Å². The summed E-state index contributed by atoms with van der Waals surface area (Å²) in [6, 6.07) is 9.16. The Bertz CT molecular complexity index is 537. The van der Waals surface area contributed by atoms with E-state index < -0.39 is 0 Å². The summed E-state index contributed by atoms with van der Waals surface area (Å²) in [7, 11) is 0. The first-order valence-electron chi connectivity index (χ1n) is 7.44. The molecule has 1 fully saturated rings. The van der Waals surface area contributed by atoms with Crippen molar-refractivity contribution >= 4 is 17.7 Å². The topological polar surface area (TPSA) is 69.7 Å². The lowest BCUT2D eigenvalue weighted by molar-refractivity contribution is -0.132. The third-order valence-corrected chi connectivity index (χ3v) is 3.65. The number of nitrogens with zero attached hydrogens (tertiary/aromatic N) is 2. The Labute approximate surface area is 130 Å². The van der Waals surface area contributed by atoms with Gasteiger partial charge in [0.15, 0.2) is 0 Å². The number of benzene rings is 1. The molecule has 1 aromatic carbocycles. The molecule has 22 heavy (non-hydrogen) atoms. The van der Waals surface area contributed by atoms with Crippen LogP contribution in [0, 0.1) is 0 Å². The van der Waals surface area contributed by atoms with Gasteiger partial charge in [-0.15, -0.1) is 0 Å². The third kappa shape index (κ3) is 4.31. The van der Waals surface area contributed by atoms with Crippen molar-refractivity contribution in [3.63, 3.8) is 0 Å². The van der Waals surface area contributed by atoms with Crippen molar-refractivity contribution in [2.75, 3.05) is 32.7 Å². The van der Waals surface area contributed by atoms with E-state index in [1.807, 2.05) is 18.2 Å². The zero-order chi connectivity index (χ0) is 15.9. The van der Waals surface area contributed by atoms with Gasteiger partial charge in [0, 0.05) is 51.6 Å². The number of amides is 3. The molecular weight excluding hydrogens is 282 g/mol. The lowest BCUT2D eigenvalue weighted by atomic mass is 10.2. The average molecular weight is 303 g/mol. The Morgan fingerprint density at radius 3 is 2.18 bits per heavy atom. The highest BCUT2D eigenvalue weighted by Crippen LogP contribution is 2.09. The fourth-order valence-corrected chi connectivity index (χ4v) is 2.43. The van der Waals surface area contributed by atoms with Crippen molar-refractivity contribution in [1.29, 1.82) is 0 Å². The summed E-state index contributed by atoms with van der Waals surface area (Å²) in [5.41, 5.74) is 0.674. The van der Waals surface area contributed by atoms with Gasteiger partial charge in [-0.3, -0.25) is 14.4 Å². The molecule has 0 unspecified atom stereocenters. The van der Waals surface area contributed by atoms with Crippen molar-refractivity contribution in [3.05, 3.63) is 35.9 Å². The minimum atomic E-state index is -0.133. The SMILES string of the molecule is CC(=O)NCCC(=O)N1CCN(C(=O)c2ccccc2)CC1. The molecular formula is C16H21N3O3. The lowest BCUT2D eigenvalue weighted by Crippen LogP contribution is -2.51. The van der Waals surface area contributed by atoms with Crippen molar-refractivity contribution in [2.24, 2.45) is 0 Å². The quantitative estimate of drug-likeness (QED) is 0.880. The molecule has 1 aliphatic rings. The Morgan fingerprint density at radius 1 is 1.00 bits per heavy atom. The van der Waals surface area contributed by atoms with Gasteiger partial charge < -0.3 is 15.1 Å². The molecule has 0 radical (unpaired) electrons. The van der Waals surface area contributed by atoms with E-state index in [4.69, 9.17) is 0 Å². The molecule has 0 aromatic heterocycles. The Morgan fingerprint density at radius 2 is 1.59 bits per heavy atom. The number of rotatable bonds is 4. The monoisotopic (exact) mass is 303 g/mol. The second-order valence-corrected chi connectivity index (χ2v) is 5.27. The molecule has 2 rings (SSSR count). The first-order chi connectivity index (χ1) is 10.6. The molecule has 1 N–H and O–H groups in total. The van der Waals surface area contributed by atoms with Gasteiger partial charge in [-0.1, -0.05) is 18.2 Å². The number of hydrogen-bond donors (Lipinski definition) is 1. The summed E-state index contributed by atoms with van der Waals surface area (Å²) in [6.45, 7) is 3.95. The minimum Gasteiger partial charge on any atom is -0.356 e. The van der Waals surface area contributed by atoms with Gasteiger partial charge in [0.05, 0.1) is 0 Å². The number of piperazine rings is 1. The fourth-order valence-electron chi connectivity index (χ4n) is 2.43. The highest BCUT2D eigenvalue weighted by atomic mass is 16.2. The molecule has 0 aliphatic carbocycles. The van der Waals surface area contributed by atoms with E-state index in [0.717, 1.165) is 0 Å². The zero-order valence-corrected chi connectivity index (χ0v) is 12.7. The number of hydrogen-bond acceptors (Lipinski definition) is 3. The second-order valence-electron chi connectivity index (χ2n) is 5.27. The van der Waals surface area contributed by atoms with Gasteiger partial charge in [-0.05, 0) is 12.1 Å². The molecule has 1 aromatic rings. The van der Waals surface area contributed by atoms with Crippen molar-refractivity contribution in [1.82, 2.24) is 15.1 Å². The first-order valence-corrected chi connectivity index (χ1v) is 7.44. The van der Waals surface area contributed by atoms with Crippen LogP contribution in [0.1, 0.15) is 23.7 Å². The van der Waals surface area contributed by atoms with E-state index in [-0.39, 0.29) is 17.7 Å². The summed E-state index contributed by atoms with van der Waals surface area (Å²) in [5.74, 6) is -0.113. The number of carbonyl (C=O) groups is 3. The predicted octanol–water partition coefficient (Wildman–Crippen LogP) is 0.497. The fraction of sp³-hybridized carbons (Fsp3) is 0.438. The van der Waals surface area contributed by atoms with Crippen molar-refractivity contribution < 1.29 is 14.4 Å². The molecule has 6 nitrogen and oxygen atoms in total. The standard InChI is InChI=1S/C16H21N3O3/c1-13(20)17-8-7-15(21)18-9-11-19(12-10-18)16(22)14-5-3-2-4-6-14/h2-6H,7-12H2,1H3,(H,17,20). The maximum absolute atomic E-state index is 12.3. The normalized spacial score (nSPS) is 14.6. The predicted molar refractivity (Wildman–Crippen MR) is 82.2 cm³/mol. The maximum atomic E-state index is 12.3. The number of nitrogens with one attached hydrogen (secondary N) is 1. The van der Waals surface area contributed by atoms with E-state index in [1.165, 1.54) is 6.92 Å². The summed E-state index contributed by atoms with van der Waals surface area (Å²) >= 11 is 0. The highest BCUT2D eigenvalue weighted by molar-refractivity contribution is 5.94. The largest absolute Gasteiger partial charge is 0.356 e. The average Bonchev–Trinajstić information content (AvgIpc) is 2.54. The van der Waals surface area contributed by atoms with Gasteiger partial charge in [0.1, 0.15) is 0 Å². The Kier molecular flexibility index (Phi) is 5.52. The van der Waals surface area contributed by atoms with E-state index >= 15 is 0 Å². The van der Waals surface area contributed by atoms with Crippen molar-refractivity contribution in [3.8, 4) is 0 Å². The van der Waals surface area contributed by atoms with E-state index in [2.05, 4.69) is 5.32 Å². The van der Waals surface area contributed by atoms with Crippen molar-refractivity contribution in [2.45, 2.75) is 13.3 Å². The Balaban J connectivity index is 1.79. The van der Waals surface area contributed by atoms with Crippen LogP contribution in [0.15, 0.2) is 30.3 Å². The first kappa shape index (κ1) is 16.0. The number of carbonyl (C=O) groups excluding carboxylic acids is 3. The van der Waals surface area contributed by atoms with Crippen LogP contribution >= 0.6 is 0 Å². The van der Waals surface area contributed by atoms with Gasteiger partial charge in [-0.2, -0.15) is 0 Å². The van der Waals surface area contributed by atoms with Gasteiger partial charge in [0.25, 0.3) is 5.91 Å². The van der Waals surface area contributed by atoms with E-state index in [9.17, 15) is 14.4 Å². The third-order valence-electron chi connectivity index (χ3n) is 3.65. The van der Waals surface area contributed by atoms with E-state index in [1.54, 1.807) is 21.9 Å². The van der Waals surface area contributed by atoms with Gasteiger partial charge in [0.2, 0.25) is 11.8 Å². The summed E-state index contributed by atoms with van der Waals surface area (Å²) in [4.78, 5) is 38.6. The maximum Gasteiger partial charge on any atom is 0.253 e. The van der Waals surface area contributed by atoms with Crippen LogP contribution in [-0.2, 0) is 9.59 Å². The molecule has 0 bridgehead atoms. The Hall–Kier alpha value is -2.37. The lowest BCUT2D eigenvalue weighted by Gasteiger charge is -2.35. The molecule has 1 saturated heterocycles. The molecule has 3 amide bonds. The zero-order valence-electron chi connectivity index (χ0n) is 12.7. The molecule has 118 valence electrons. The minimum absolute atomic E-state index is 0.00550. The summed E-state index contributed by atoms with van der Waals surface area (Å²) < 4.78 is 0.